The van der Waals surface area contributed by atoms with Crippen LogP contribution in [0.1, 0.15) is 16.8 Å². The summed E-state index contributed by atoms with van der Waals surface area (Å²) in [6, 6.07) is 15.2. The molecule has 0 bridgehead atoms. The molecule has 29 heavy (non-hydrogen) atoms. The highest BCUT2D eigenvalue weighted by atomic mass is 19.4. The average Bonchev–Trinajstić information content (AvgIpc) is 3.04. The second-order valence-corrected chi connectivity index (χ2v) is 6.81. The van der Waals surface area contributed by atoms with E-state index in [2.05, 4.69) is 10.1 Å². The number of hydrogen-bond acceptors (Lipinski definition) is 3. The summed E-state index contributed by atoms with van der Waals surface area (Å²) in [6.45, 7) is 3.51. The lowest BCUT2D eigenvalue weighted by Gasteiger charge is -2.12. The SMILES string of the molecule is COc1ccc(-c2cc(C(F)(F)F)c3c(C)nn(-c4ccc(C)cc4)c3n2)cc1. The Labute approximate surface area is 165 Å². The zero-order chi connectivity index (χ0) is 20.8. The quantitative estimate of drug-likeness (QED) is 0.443. The van der Waals surface area contributed by atoms with E-state index in [1.165, 1.54) is 11.8 Å². The van der Waals surface area contributed by atoms with Gasteiger partial charge in [0.05, 0.1) is 35.1 Å². The third-order valence-electron chi connectivity index (χ3n) is 4.78. The van der Waals surface area contributed by atoms with Crippen molar-refractivity contribution in [3.05, 3.63) is 71.4 Å². The van der Waals surface area contributed by atoms with Crippen molar-refractivity contribution in [3.63, 3.8) is 0 Å². The zero-order valence-corrected chi connectivity index (χ0v) is 16.1. The fourth-order valence-corrected chi connectivity index (χ4v) is 3.29. The third-order valence-corrected chi connectivity index (χ3v) is 4.78. The van der Waals surface area contributed by atoms with Crippen LogP contribution in [0.15, 0.2) is 54.6 Å². The van der Waals surface area contributed by atoms with Gasteiger partial charge in [0, 0.05) is 5.56 Å². The molecule has 7 heteroatoms. The molecule has 4 rings (SSSR count). The lowest BCUT2D eigenvalue weighted by molar-refractivity contribution is -0.136. The molecule has 2 aromatic heterocycles. The molecule has 0 N–H and O–H groups in total. The summed E-state index contributed by atoms with van der Waals surface area (Å²) < 4.78 is 48.3. The first-order valence-electron chi connectivity index (χ1n) is 8.97. The minimum atomic E-state index is -4.53. The Hall–Kier alpha value is -3.35. The monoisotopic (exact) mass is 397 g/mol. The standard InChI is InChI=1S/C22H18F3N3O/c1-13-4-8-16(9-5-13)28-21-20(14(2)27-28)18(22(23,24)25)12-19(26-21)15-6-10-17(29-3)11-7-15/h4-12H,1-3H3. The minimum Gasteiger partial charge on any atom is -0.497 e. The molecule has 4 nitrogen and oxygen atoms in total. The van der Waals surface area contributed by atoms with Crippen LogP contribution in [0.5, 0.6) is 5.75 Å². The molecule has 0 saturated carbocycles. The molecule has 2 heterocycles. The number of benzene rings is 2. The molecular weight excluding hydrogens is 379 g/mol. The molecule has 4 aromatic rings. The molecule has 0 fully saturated rings. The van der Waals surface area contributed by atoms with Gasteiger partial charge in [-0.2, -0.15) is 18.3 Å². The van der Waals surface area contributed by atoms with Gasteiger partial charge < -0.3 is 4.74 Å². The van der Waals surface area contributed by atoms with Crippen LogP contribution in [0.25, 0.3) is 28.0 Å². The van der Waals surface area contributed by atoms with E-state index in [0.29, 0.717) is 17.0 Å². The molecule has 148 valence electrons. The van der Waals surface area contributed by atoms with Crippen LogP contribution >= 0.6 is 0 Å². The second kappa shape index (κ2) is 6.92. The van der Waals surface area contributed by atoms with Gasteiger partial charge in [0.1, 0.15) is 5.75 Å². The van der Waals surface area contributed by atoms with E-state index >= 15 is 0 Å². The summed E-state index contributed by atoms with van der Waals surface area (Å²) in [7, 11) is 1.53. The molecule has 0 radical (unpaired) electrons. The number of halogens is 3. The Kier molecular flexibility index (Phi) is 4.53. The number of methoxy groups -OCH3 is 1. The second-order valence-electron chi connectivity index (χ2n) is 6.81. The van der Waals surface area contributed by atoms with Crippen LogP contribution in [0.4, 0.5) is 13.2 Å². The first-order valence-corrected chi connectivity index (χ1v) is 8.97. The molecule has 0 amide bonds. The Morgan fingerprint density at radius 3 is 2.17 bits per heavy atom. The molecule has 0 aliphatic rings. The molecule has 0 atom stereocenters. The van der Waals surface area contributed by atoms with E-state index in [-0.39, 0.29) is 22.4 Å². The van der Waals surface area contributed by atoms with Crippen LogP contribution < -0.4 is 4.74 Å². The lowest BCUT2D eigenvalue weighted by atomic mass is 10.0. The Balaban J connectivity index is 2.01. The number of aromatic nitrogens is 3. The maximum Gasteiger partial charge on any atom is 0.417 e. The zero-order valence-electron chi connectivity index (χ0n) is 16.1. The highest BCUT2D eigenvalue weighted by Crippen LogP contribution is 2.38. The maximum atomic E-state index is 13.9. The van der Waals surface area contributed by atoms with E-state index in [4.69, 9.17) is 4.74 Å². The number of alkyl halides is 3. The average molecular weight is 397 g/mol. The Morgan fingerprint density at radius 1 is 0.931 bits per heavy atom. The highest BCUT2D eigenvalue weighted by Gasteiger charge is 2.35. The smallest absolute Gasteiger partial charge is 0.417 e. The minimum absolute atomic E-state index is 0.00957. The van der Waals surface area contributed by atoms with Gasteiger partial charge in [-0.1, -0.05) is 17.7 Å². The Morgan fingerprint density at radius 2 is 1.59 bits per heavy atom. The summed E-state index contributed by atoms with van der Waals surface area (Å²) in [4.78, 5) is 4.55. The van der Waals surface area contributed by atoms with Gasteiger partial charge in [0.25, 0.3) is 0 Å². The van der Waals surface area contributed by atoms with Gasteiger partial charge in [-0.25, -0.2) is 9.67 Å². The van der Waals surface area contributed by atoms with E-state index in [9.17, 15) is 13.2 Å². The summed E-state index contributed by atoms with van der Waals surface area (Å²) in [5.74, 6) is 0.617. The van der Waals surface area contributed by atoms with Crippen molar-refractivity contribution in [2.75, 3.05) is 7.11 Å². The molecule has 2 aromatic carbocycles. The normalized spacial score (nSPS) is 11.8. The van der Waals surface area contributed by atoms with E-state index in [1.807, 2.05) is 31.2 Å². The summed E-state index contributed by atoms with van der Waals surface area (Å²) in [6.07, 6.45) is -4.53. The van der Waals surface area contributed by atoms with Gasteiger partial charge >= 0.3 is 6.18 Å². The van der Waals surface area contributed by atoms with Crippen molar-refractivity contribution in [1.29, 1.82) is 0 Å². The van der Waals surface area contributed by atoms with Gasteiger partial charge in [-0.05, 0) is 56.3 Å². The summed E-state index contributed by atoms with van der Waals surface area (Å²) >= 11 is 0. The van der Waals surface area contributed by atoms with Crippen molar-refractivity contribution < 1.29 is 17.9 Å². The summed E-state index contributed by atoms with van der Waals surface area (Å²) in [5, 5.41) is 4.37. The fraction of sp³-hybridized carbons (Fsp3) is 0.182. The van der Waals surface area contributed by atoms with Gasteiger partial charge in [0.2, 0.25) is 0 Å². The van der Waals surface area contributed by atoms with E-state index in [1.54, 1.807) is 31.2 Å². The first-order chi connectivity index (χ1) is 13.8. The van der Waals surface area contributed by atoms with E-state index < -0.39 is 11.7 Å². The number of aryl methyl sites for hydroxylation is 2. The Bertz CT molecular complexity index is 1180. The molecule has 0 aliphatic heterocycles. The van der Waals surface area contributed by atoms with Crippen LogP contribution in [0.3, 0.4) is 0 Å². The topological polar surface area (TPSA) is 39.9 Å². The van der Waals surface area contributed by atoms with Crippen molar-refractivity contribution in [2.24, 2.45) is 0 Å². The van der Waals surface area contributed by atoms with Gasteiger partial charge in [-0.3, -0.25) is 0 Å². The van der Waals surface area contributed by atoms with Crippen LogP contribution in [-0.4, -0.2) is 21.9 Å². The number of ether oxygens (including phenoxy) is 1. The maximum absolute atomic E-state index is 13.9. The van der Waals surface area contributed by atoms with Crippen molar-refractivity contribution in [2.45, 2.75) is 20.0 Å². The van der Waals surface area contributed by atoms with Crippen LogP contribution in [0.2, 0.25) is 0 Å². The van der Waals surface area contributed by atoms with E-state index in [0.717, 1.165) is 11.6 Å². The van der Waals surface area contributed by atoms with Gasteiger partial charge in [-0.15, -0.1) is 0 Å². The number of rotatable bonds is 3. The number of hydrogen-bond donors (Lipinski definition) is 0. The third kappa shape index (κ3) is 3.44. The largest absolute Gasteiger partial charge is 0.497 e. The predicted octanol–water partition coefficient (Wildman–Crippen LogP) is 5.73. The number of fused-ring (bicyclic) bond motifs is 1. The van der Waals surface area contributed by atoms with Crippen molar-refractivity contribution in [1.82, 2.24) is 14.8 Å². The fourth-order valence-electron chi connectivity index (χ4n) is 3.29. The molecule has 0 saturated heterocycles. The molecule has 0 unspecified atom stereocenters. The lowest BCUT2D eigenvalue weighted by Crippen LogP contribution is -2.08. The van der Waals surface area contributed by atoms with Crippen LogP contribution in [0, 0.1) is 13.8 Å². The predicted molar refractivity (Wildman–Crippen MR) is 105 cm³/mol. The molecule has 0 aliphatic carbocycles. The van der Waals surface area contributed by atoms with Crippen molar-refractivity contribution >= 4 is 11.0 Å². The number of nitrogens with zero attached hydrogens (tertiary/aromatic N) is 3. The van der Waals surface area contributed by atoms with Gasteiger partial charge in [0.15, 0.2) is 5.65 Å². The summed E-state index contributed by atoms with van der Waals surface area (Å²) in [5.41, 5.74) is 2.19. The number of pyridine rings is 1. The first kappa shape index (κ1) is 19.0. The highest BCUT2D eigenvalue weighted by molar-refractivity contribution is 5.87. The van der Waals surface area contributed by atoms with Crippen LogP contribution in [-0.2, 0) is 6.18 Å². The van der Waals surface area contributed by atoms with Crippen molar-refractivity contribution in [3.8, 4) is 22.7 Å². The molecular formula is C22H18F3N3O. The molecule has 0 spiro atoms.